The van der Waals surface area contributed by atoms with Crippen LogP contribution in [0.15, 0.2) is 29.0 Å². The molecule has 2 N–H and O–H groups in total. The number of alkyl halides is 3. The molecule has 1 saturated heterocycles. The van der Waals surface area contributed by atoms with Crippen molar-refractivity contribution in [3.63, 3.8) is 0 Å². The fourth-order valence-electron chi connectivity index (χ4n) is 5.10. The van der Waals surface area contributed by atoms with Gasteiger partial charge in [-0.2, -0.15) is 13.2 Å². The Kier molecular flexibility index (Phi) is 6.95. The first kappa shape index (κ1) is 25.0. The summed E-state index contributed by atoms with van der Waals surface area (Å²) in [6.45, 7) is 3.28. The van der Waals surface area contributed by atoms with Gasteiger partial charge < -0.3 is 20.1 Å². The Labute approximate surface area is 215 Å². The third kappa shape index (κ3) is 4.95. The van der Waals surface area contributed by atoms with Crippen molar-refractivity contribution in [2.45, 2.75) is 44.3 Å². The van der Waals surface area contributed by atoms with Crippen molar-refractivity contribution >= 4 is 38.7 Å². The van der Waals surface area contributed by atoms with E-state index in [9.17, 15) is 18.0 Å². The third-order valence-electron chi connectivity index (χ3n) is 7.03. The molecular weight excluding hydrogens is 537 g/mol. The predicted octanol–water partition coefficient (Wildman–Crippen LogP) is 5.54. The molecular formula is C25H28BrF3N6O. The van der Waals surface area contributed by atoms with E-state index in [2.05, 4.69) is 41.1 Å². The van der Waals surface area contributed by atoms with E-state index < -0.39 is 11.7 Å². The van der Waals surface area contributed by atoms with Crippen LogP contribution in [0.1, 0.15) is 48.0 Å². The molecule has 3 aliphatic heterocycles. The Bertz CT molecular complexity index is 1280. The van der Waals surface area contributed by atoms with Gasteiger partial charge in [-0.1, -0.05) is 12.5 Å². The second kappa shape index (κ2) is 10.0. The zero-order chi connectivity index (χ0) is 25.4. The lowest BCUT2D eigenvalue weighted by Gasteiger charge is -2.26. The van der Waals surface area contributed by atoms with Crippen molar-refractivity contribution < 1.29 is 18.0 Å². The number of H-pyrrole nitrogens is 1. The zero-order valence-corrected chi connectivity index (χ0v) is 21.5. The molecule has 0 saturated carbocycles. The monoisotopic (exact) mass is 564 g/mol. The second-order valence-corrected chi connectivity index (χ2v) is 10.4. The normalized spacial score (nSPS) is 21.8. The molecule has 1 aromatic carbocycles. The summed E-state index contributed by atoms with van der Waals surface area (Å²) >= 11 is 3.51. The number of rotatable bonds is 0. The van der Waals surface area contributed by atoms with Crippen LogP contribution in [0.5, 0.6) is 0 Å². The molecule has 3 aliphatic rings. The van der Waals surface area contributed by atoms with Crippen LogP contribution in [0.3, 0.4) is 0 Å². The van der Waals surface area contributed by atoms with E-state index in [1.54, 1.807) is 24.1 Å². The molecule has 0 aliphatic carbocycles. The van der Waals surface area contributed by atoms with Crippen molar-refractivity contribution in [2.75, 3.05) is 38.5 Å². The molecule has 1 fully saturated rings. The van der Waals surface area contributed by atoms with Crippen molar-refractivity contribution in [1.82, 2.24) is 24.8 Å². The van der Waals surface area contributed by atoms with Crippen molar-refractivity contribution in [2.24, 2.45) is 0 Å². The van der Waals surface area contributed by atoms with Crippen LogP contribution in [0.2, 0.25) is 0 Å². The van der Waals surface area contributed by atoms with E-state index in [-0.39, 0.29) is 23.6 Å². The van der Waals surface area contributed by atoms with Gasteiger partial charge in [0.1, 0.15) is 5.56 Å². The van der Waals surface area contributed by atoms with E-state index in [4.69, 9.17) is 0 Å². The number of fused-ring (bicyclic) bond motifs is 6. The van der Waals surface area contributed by atoms with Gasteiger partial charge in [-0.15, -0.1) is 0 Å². The SMILES string of the molecule is CN1CCCCN2CCCC[C@@H](C2)Nc2ncc(C(F)(F)F)c(n2)-c2c[nH]c3c(Br)c(ccc23)C1=O. The predicted molar refractivity (Wildman–Crippen MR) is 136 cm³/mol. The average Bonchev–Trinajstić information content (AvgIpc) is 3.15. The molecule has 0 spiro atoms. The molecule has 7 nitrogen and oxygen atoms in total. The lowest BCUT2D eigenvalue weighted by molar-refractivity contribution is -0.137. The summed E-state index contributed by atoms with van der Waals surface area (Å²) in [6.07, 6.45) is 2.57. The molecule has 8 bridgehead atoms. The van der Waals surface area contributed by atoms with Crippen LogP contribution >= 0.6 is 15.9 Å². The van der Waals surface area contributed by atoms with Crippen LogP contribution in [0, 0.1) is 0 Å². The number of amides is 1. The number of halogens is 4. The molecule has 6 rings (SSSR count). The number of anilines is 1. The topological polar surface area (TPSA) is 77.2 Å². The zero-order valence-electron chi connectivity index (χ0n) is 20.0. The molecule has 192 valence electrons. The summed E-state index contributed by atoms with van der Waals surface area (Å²) in [5, 5.41) is 3.85. The number of carbonyl (C=O) groups is 1. The van der Waals surface area contributed by atoms with Gasteiger partial charge in [-0.3, -0.25) is 4.79 Å². The first-order valence-corrected chi connectivity index (χ1v) is 13.0. The Morgan fingerprint density at radius 1 is 1.08 bits per heavy atom. The number of hydrogen-bond donors (Lipinski definition) is 2. The highest BCUT2D eigenvalue weighted by atomic mass is 79.9. The van der Waals surface area contributed by atoms with Gasteiger partial charge in [0.05, 0.1) is 21.2 Å². The largest absolute Gasteiger partial charge is 0.419 e. The number of carbonyl (C=O) groups excluding carboxylic acids is 1. The smallest absolute Gasteiger partial charge is 0.360 e. The van der Waals surface area contributed by atoms with Gasteiger partial charge in [-0.05, 0) is 60.8 Å². The molecule has 1 unspecified atom stereocenters. The second-order valence-electron chi connectivity index (χ2n) is 9.58. The molecule has 0 radical (unpaired) electrons. The number of aromatic amines is 1. The molecule has 11 heteroatoms. The van der Waals surface area contributed by atoms with Crippen LogP contribution in [0.25, 0.3) is 22.2 Å². The highest BCUT2D eigenvalue weighted by Crippen LogP contribution is 2.40. The van der Waals surface area contributed by atoms with Gasteiger partial charge >= 0.3 is 6.18 Å². The summed E-state index contributed by atoms with van der Waals surface area (Å²) in [5.74, 6) is 0.0492. The fraction of sp³-hybridized carbons (Fsp3) is 0.480. The molecule has 2 atom stereocenters. The van der Waals surface area contributed by atoms with Crippen molar-refractivity contribution in [1.29, 1.82) is 0 Å². The van der Waals surface area contributed by atoms with Crippen LogP contribution in [-0.4, -0.2) is 69.9 Å². The van der Waals surface area contributed by atoms with Gasteiger partial charge in [0.15, 0.2) is 0 Å². The molecule has 1 amide bonds. The molecule has 3 aromatic rings. The maximum atomic E-state index is 14.0. The first-order chi connectivity index (χ1) is 17.2. The standard InChI is InChI=1S/C25H28BrF3N6O/c1-34-9-4-5-11-35-10-3-2-6-15(14-35)32-24-31-13-19(25(27,28)29)21(33-24)18-12-30-22-16(18)7-8-17(20(22)26)23(34)36/h7-8,12-13,15,30H,2-6,9-11,14H2,1H3,(H,31,32,33)/t15-/m0/s1. The average molecular weight is 565 g/mol. The van der Waals surface area contributed by atoms with Gasteiger partial charge in [0, 0.05) is 49.5 Å². The molecule has 36 heavy (non-hydrogen) atoms. The highest BCUT2D eigenvalue weighted by molar-refractivity contribution is 9.10. The Hall–Kier alpha value is -2.66. The van der Waals surface area contributed by atoms with Gasteiger partial charge in [-0.25, -0.2) is 9.97 Å². The first-order valence-electron chi connectivity index (χ1n) is 12.2. The fourth-order valence-corrected chi connectivity index (χ4v) is 5.73. The number of nitrogens with one attached hydrogen (secondary N) is 2. The summed E-state index contributed by atoms with van der Waals surface area (Å²) < 4.78 is 42.5. The lowest BCUT2D eigenvalue weighted by atomic mass is 10.0. The number of hydrogen-bond acceptors (Lipinski definition) is 5. The van der Waals surface area contributed by atoms with E-state index in [0.29, 0.717) is 33.0 Å². The minimum atomic E-state index is -4.62. The number of nitrogens with zero attached hydrogens (tertiary/aromatic N) is 4. The van der Waals surface area contributed by atoms with Crippen LogP contribution < -0.4 is 5.32 Å². The minimum absolute atomic E-state index is 0.0416. The van der Waals surface area contributed by atoms with Crippen LogP contribution in [0.4, 0.5) is 19.1 Å². The maximum Gasteiger partial charge on any atom is 0.419 e. The minimum Gasteiger partial charge on any atom is -0.360 e. The number of aromatic nitrogens is 3. The third-order valence-corrected chi connectivity index (χ3v) is 7.85. The summed E-state index contributed by atoms with van der Waals surface area (Å²) in [7, 11) is 1.78. The highest BCUT2D eigenvalue weighted by Gasteiger charge is 2.36. The van der Waals surface area contributed by atoms with Crippen LogP contribution in [-0.2, 0) is 6.18 Å². The van der Waals surface area contributed by atoms with E-state index in [0.717, 1.165) is 57.9 Å². The van der Waals surface area contributed by atoms with Crippen molar-refractivity contribution in [3.05, 3.63) is 40.1 Å². The summed E-state index contributed by atoms with van der Waals surface area (Å²) in [6, 6.07) is 3.37. The van der Waals surface area contributed by atoms with Gasteiger partial charge in [0.2, 0.25) is 5.95 Å². The van der Waals surface area contributed by atoms with Gasteiger partial charge in [0.25, 0.3) is 5.91 Å². The number of benzene rings is 1. The Morgan fingerprint density at radius 2 is 1.83 bits per heavy atom. The molecule has 2 aromatic heterocycles. The van der Waals surface area contributed by atoms with E-state index >= 15 is 0 Å². The Morgan fingerprint density at radius 3 is 2.61 bits per heavy atom. The summed E-state index contributed by atoms with van der Waals surface area (Å²) in [4.78, 5) is 28.7. The Balaban J connectivity index is 1.64. The quantitative estimate of drug-likeness (QED) is 0.375. The summed E-state index contributed by atoms with van der Waals surface area (Å²) in [5.41, 5.74) is 0.212. The lowest BCUT2D eigenvalue weighted by Crippen LogP contribution is -2.36. The van der Waals surface area contributed by atoms with E-state index in [1.807, 2.05) is 0 Å². The maximum absolute atomic E-state index is 14.0. The molecule has 5 heterocycles. The van der Waals surface area contributed by atoms with Crippen molar-refractivity contribution in [3.8, 4) is 11.3 Å². The van der Waals surface area contributed by atoms with E-state index in [1.165, 1.54) is 6.20 Å².